The molecule has 0 spiro atoms. The van der Waals surface area contributed by atoms with Gasteiger partial charge in [0.2, 0.25) is 0 Å². The van der Waals surface area contributed by atoms with Crippen molar-refractivity contribution in [2.75, 3.05) is 32.4 Å². The van der Waals surface area contributed by atoms with E-state index >= 15 is 0 Å². The van der Waals surface area contributed by atoms with Crippen molar-refractivity contribution in [3.63, 3.8) is 0 Å². The smallest absolute Gasteiger partial charge is 0.175 e. The molecule has 7 heteroatoms. The molecule has 0 bridgehead atoms. The molecule has 1 aromatic heterocycles. The summed E-state index contributed by atoms with van der Waals surface area (Å²) in [5.74, 6) is 1.10. The van der Waals surface area contributed by atoms with Gasteiger partial charge in [0.05, 0.1) is 11.4 Å². The normalized spacial score (nSPS) is 17.5. The first-order valence-corrected chi connectivity index (χ1v) is 10.5. The van der Waals surface area contributed by atoms with Gasteiger partial charge in [-0.2, -0.15) is 0 Å². The van der Waals surface area contributed by atoms with Crippen molar-refractivity contribution < 1.29 is 8.42 Å². The van der Waals surface area contributed by atoms with Gasteiger partial charge in [0.25, 0.3) is 0 Å². The van der Waals surface area contributed by atoms with Crippen LogP contribution in [0.3, 0.4) is 0 Å². The number of rotatable bonds is 5. The van der Waals surface area contributed by atoms with Crippen LogP contribution >= 0.6 is 0 Å². The van der Waals surface area contributed by atoms with Crippen LogP contribution in [0.2, 0.25) is 0 Å². The van der Waals surface area contributed by atoms with Crippen LogP contribution in [0.1, 0.15) is 17.8 Å². The van der Waals surface area contributed by atoms with Gasteiger partial charge in [-0.1, -0.05) is 12.1 Å². The third-order valence-corrected chi connectivity index (χ3v) is 5.85. The zero-order valence-corrected chi connectivity index (χ0v) is 15.7. The zero-order valence-electron chi connectivity index (χ0n) is 14.9. The summed E-state index contributed by atoms with van der Waals surface area (Å²) in [6, 6.07) is 7.26. The molecular weight excluding hydrogens is 336 g/mol. The van der Waals surface area contributed by atoms with Gasteiger partial charge in [-0.25, -0.2) is 13.4 Å². The highest BCUT2D eigenvalue weighted by Gasteiger charge is 2.16. The Morgan fingerprint density at radius 1 is 1.00 bits per heavy atom. The number of imidazole rings is 1. The van der Waals surface area contributed by atoms with Crippen LogP contribution in [-0.4, -0.2) is 60.2 Å². The zero-order chi connectivity index (χ0) is 17.9. The Morgan fingerprint density at radius 3 is 2.20 bits per heavy atom. The lowest BCUT2D eigenvalue weighted by molar-refractivity contribution is 0.242. The third kappa shape index (κ3) is 4.90. The maximum Gasteiger partial charge on any atom is 0.175 e. The number of benzene rings is 1. The summed E-state index contributed by atoms with van der Waals surface area (Å²) in [4.78, 5) is 9.69. The molecule has 1 aliphatic heterocycles. The van der Waals surface area contributed by atoms with Gasteiger partial charge >= 0.3 is 0 Å². The Hall–Kier alpha value is -1.70. The number of aromatic nitrogens is 2. The predicted octanol–water partition coefficient (Wildman–Crippen LogP) is 1.53. The summed E-state index contributed by atoms with van der Waals surface area (Å²) < 4.78 is 25.2. The lowest BCUT2D eigenvalue weighted by Crippen LogP contribution is -2.31. The van der Waals surface area contributed by atoms with Gasteiger partial charge in [0.1, 0.15) is 5.82 Å². The topological polar surface area (TPSA) is 58.4 Å². The molecule has 0 radical (unpaired) electrons. The van der Waals surface area contributed by atoms with Crippen molar-refractivity contribution in [3.8, 4) is 0 Å². The lowest BCUT2D eigenvalue weighted by Gasteiger charge is -2.21. The summed E-state index contributed by atoms with van der Waals surface area (Å²) in [6.45, 7) is 5.93. The van der Waals surface area contributed by atoms with E-state index in [0.29, 0.717) is 4.90 Å². The van der Waals surface area contributed by atoms with E-state index in [4.69, 9.17) is 0 Å². The Kier molecular flexibility index (Phi) is 5.56. The largest absolute Gasteiger partial charge is 0.337 e. The Balaban J connectivity index is 1.55. The summed E-state index contributed by atoms with van der Waals surface area (Å²) >= 11 is 0. The van der Waals surface area contributed by atoms with E-state index in [1.165, 1.54) is 6.26 Å². The second-order valence-electron chi connectivity index (χ2n) is 6.78. The summed E-state index contributed by atoms with van der Waals surface area (Å²) in [7, 11) is -1.09. The summed E-state index contributed by atoms with van der Waals surface area (Å²) in [5.41, 5.74) is 1.16. The summed E-state index contributed by atoms with van der Waals surface area (Å²) in [6.07, 6.45) is 6.21. The molecule has 1 aromatic carbocycles. The Bertz CT molecular complexity index is 799. The highest BCUT2D eigenvalue weighted by molar-refractivity contribution is 7.90. The predicted molar refractivity (Wildman–Crippen MR) is 97.9 cm³/mol. The monoisotopic (exact) mass is 362 g/mol. The molecular formula is C18H26N4O2S. The molecule has 0 amide bonds. The average molecular weight is 362 g/mol. The van der Waals surface area contributed by atoms with Crippen molar-refractivity contribution >= 4 is 9.84 Å². The highest BCUT2D eigenvalue weighted by atomic mass is 32.2. The first-order valence-electron chi connectivity index (χ1n) is 8.62. The van der Waals surface area contributed by atoms with Crippen LogP contribution in [0.25, 0.3) is 0 Å². The van der Waals surface area contributed by atoms with Crippen molar-refractivity contribution in [1.29, 1.82) is 0 Å². The van der Waals surface area contributed by atoms with E-state index in [9.17, 15) is 8.42 Å². The molecule has 2 aromatic rings. The Labute approximate surface area is 150 Å². The standard InChI is InChI=1S/C18H26N4O2S/c1-20-11-8-19-18(20)15-22-10-3-9-21(12-13-22)14-16-4-6-17(7-5-16)25(2,23)24/h4-8,11H,3,9-10,12-15H2,1-2H3. The number of hydrogen-bond acceptors (Lipinski definition) is 5. The minimum absolute atomic E-state index is 0.383. The fraction of sp³-hybridized carbons (Fsp3) is 0.500. The van der Waals surface area contributed by atoms with Crippen LogP contribution < -0.4 is 0 Å². The minimum atomic E-state index is -3.12. The van der Waals surface area contributed by atoms with Gasteiger partial charge in [-0.3, -0.25) is 9.80 Å². The molecule has 0 saturated carbocycles. The fourth-order valence-electron chi connectivity index (χ4n) is 3.19. The van der Waals surface area contributed by atoms with Crippen LogP contribution in [0.4, 0.5) is 0 Å². The first-order chi connectivity index (χ1) is 11.9. The maximum absolute atomic E-state index is 11.5. The minimum Gasteiger partial charge on any atom is -0.337 e. The molecule has 0 N–H and O–H groups in total. The number of aryl methyl sites for hydroxylation is 1. The Morgan fingerprint density at radius 2 is 1.64 bits per heavy atom. The average Bonchev–Trinajstić information content (AvgIpc) is 2.83. The second-order valence-corrected chi connectivity index (χ2v) is 8.79. The highest BCUT2D eigenvalue weighted by Crippen LogP contribution is 2.14. The molecule has 0 atom stereocenters. The lowest BCUT2D eigenvalue weighted by atomic mass is 10.2. The molecule has 1 fully saturated rings. The quantitative estimate of drug-likeness (QED) is 0.807. The second kappa shape index (κ2) is 7.68. The van der Waals surface area contributed by atoms with Gasteiger partial charge in [0, 0.05) is 45.3 Å². The van der Waals surface area contributed by atoms with Gasteiger partial charge in [-0.15, -0.1) is 0 Å². The van der Waals surface area contributed by atoms with Crippen LogP contribution in [0.5, 0.6) is 0 Å². The molecule has 0 unspecified atom stereocenters. The molecule has 0 aliphatic carbocycles. The van der Waals surface area contributed by atoms with Crippen molar-refractivity contribution in [3.05, 3.63) is 48.0 Å². The van der Waals surface area contributed by atoms with Gasteiger partial charge in [-0.05, 0) is 37.2 Å². The summed E-state index contributed by atoms with van der Waals surface area (Å²) in [5, 5.41) is 0. The molecule has 1 saturated heterocycles. The van der Waals surface area contributed by atoms with Crippen molar-refractivity contribution in [1.82, 2.24) is 19.4 Å². The van der Waals surface area contributed by atoms with Crippen molar-refractivity contribution in [2.45, 2.75) is 24.4 Å². The maximum atomic E-state index is 11.5. The molecule has 6 nitrogen and oxygen atoms in total. The number of nitrogens with zero attached hydrogens (tertiary/aromatic N) is 4. The molecule has 3 rings (SSSR count). The van der Waals surface area contributed by atoms with Crippen molar-refractivity contribution in [2.24, 2.45) is 7.05 Å². The van der Waals surface area contributed by atoms with Crippen LogP contribution in [0, 0.1) is 0 Å². The van der Waals surface area contributed by atoms with E-state index in [2.05, 4.69) is 19.4 Å². The van der Waals surface area contributed by atoms with E-state index < -0.39 is 9.84 Å². The van der Waals surface area contributed by atoms with Gasteiger partial charge < -0.3 is 4.57 Å². The van der Waals surface area contributed by atoms with Gasteiger partial charge in [0.15, 0.2) is 9.84 Å². The van der Waals surface area contributed by atoms with E-state index in [0.717, 1.165) is 57.1 Å². The third-order valence-electron chi connectivity index (χ3n) is 4.72. The number of hydrogen-bond donors (Lipinski definition) is 0. The van der Waals surface area contributed by atoms with Crippen LogP contribution in [-0.2, 0) is 30.0 Å². The molecule has 136 valence electrons. The van der Waals surface area contributed by atoms with E-state index in [1.54, 1.807) is 12.1 Å². The van der Waals surface area contributed by atoms with E-state index in [1.807, 2.05) is 31.6 Å². The molecule has 25 heavy (non-hydrogen) atoms. The molecule has 1 aliphatic rings. The van der Waals surface area contributed by atoms with E-state index in [-0.39, 0.29) is 0 Å². The van der Waals surface area contributed by atoms with Crippen LogP contribution in [0.15, 0.2) is 41.6 Å². The SMILES string of the molecule is Cn1ccnc1CN1CCCN(Cc2ccc(S(C)(=O)=O)cc2)CC1. The first kappa shape index (κ1) is 18.1. The fourth-order valence-corrected chi connectivity index (χ4v) is 3.82. The molecule has 2 heterocycles. The number of sulfone groups is 1.